The third kappa shape index (κ3) is 4.37. The van der Waals surface area contributed by atoms with Crippen molar-refractivity contribution < 1.29 is 4.84 Å². The van der Waals surface area contributed by atoms with Crippen molar-refractivity contribution in [3.8, 4) is 0 Å². The van der Waals surface area contributed by atoms with Gasteiger partial charge in [0.2, 0.25) is 0 Å². The van der Waals surface area contributed by atoms with E-state index in [1.807, 2.05) is 19.1 Å². The number of rotatable bonds is 6. The van der Waals surface area contributed by atoms with Crippen LogP contribution in [0.3, 0.4) is 0 Å². The van der Waals surface area contributed by atoms with Crippen LogP contribution in [0.4, 0.5) is 0 Å². The SMILES string of the molecule is C=C(CCC)CO/N=C(\C)c1ccc(Cl)s1. The van der Waals surface area contributed by atoms with Crippen LogP contribution in [0, 0.1) is 0 Å². The molecule has 0 amide bonds. The van der Waals surface area contributed by atoms with E-state index in [0.29, 0.717) is 6.61 Å². The van der Waals surface area contributed by atoms with Gasteiger partial charge in [0, 0.05) is 0 Å². The molecule has 0 aliphatic carbocycles. The zero-order valence-corrected chi connectivity index (χ0v) is 11.2. The van der Waals surface area contributed by atoms with Crippen LogP contribution in [-0.2, 0) is 4.84 Å². The molecule has 4 heteroatoms. The maximum Gasteiger partial charge on any atom is 0.138 e. The minimum atomic E-state index is 0.490. The van der Waals surface area contributed by atoms with Crippen LogP contribution in [0.25, 0.3) is 0 Å². The second-order valence-electron chi connectivity index (χ2n) is 3.55. The van der Waals surface area contributed by atoms with E-state index in [1.54, 1.807) is 0 Å². The highest BCUT2D eigenvalue weighted by Crippen LogP contribution is 2.22. The highest BCUT2D eigenvalue weighted by molar-refractivity contribution is 7.18. The van der Waals surface area contributed by atoms with Crippen molar-refractivity contribution in [2.24, 2.45) is 5.16 Å². The summed E-state index contributed by atoms with van der Waals surface area (Å²) in [5.41, 5.74) is 1.92. The molecule has 2 nitrogen and oxygen atoms in total. The van der Waals surface area contributed by atoms with Gasteiger partial charge in [-0.05, 0) is 31.1 Å². The number of halogens is 1. The van der Waals surface area contributed by atoms with E-state index in [2.05, 4.69) is 18.7 Å². The molecule has 1 aromatic rings. The Morgan fingerprint density at radius 2 is 2.31 bits per heavy atom. The summed E-state index contributed by atoms with van der Waals surface area (Å²) in [7, 11) is 0. The lowest BCUT2D eigenvalue weighted by molar-refractivity contribution is 0.166. The van der Waals surface area contributed by atoms with Crippen LogP contribution >= 0.6 is 22.9 Å². The zero-order chi connectivity index (χ0) is 12.0. The maximum absolute atomic E-state index is 5.84. The fraction of sp³-hybridized carbons (Fsp3) is 0.417. The first kappa shape index (κ1) is 13.3. The molecule has 0 aromatic carbocycles. The van der Waals surface area contributed by atoms with Gasteiger partial charge in [-0.2, -0.15) is 0 Å². The molecule has 1 aromatic heterocycles. The lowest BCUT2D eigenvalue weighted by atomic mass is 10.2. The Kier molecular flexibility index (Phi) is 5.56. The third-order valence-corrected chi connectivity index (χ3v) is 3.34. The molecule has 0 bridgehead atoms. The molecule has 0 N–H and O–H groups in total. The summed E-state index contributed by atoms with van der Waals surface area (Å²) in [6.45, 7) is 8.42. The quantitative estimate of drug-likeness (QED) is 0.418. The molecule has 0 unspecified atom stereocenters. The molecule has 0 aliphatic heterocycles. The molecule has 0 atom stereocenters. The summed E-state index contributed by atoms with van der Waals surface area (Å²) < 4.78 is 0.764. The Bertz CT molecular complexity index is 384. The van der Waals surface area contributed by atoms with Gasteiger partial charge >= 0.3 is 0 Å². The van der Waals surface area contributed by atoms with Crippen LogP contribution in [0.1, 0.15) is 31.6 Å². The summed E-state index contributed by atoms with van der Waals surface area (Å²) >= 11 is 7.34. The number of oxime groups is 1. The average Bonchev–Trinajstić information content (AvgIpc) is 2.65. The van der Waals surface area contributed by atoms with E-state index in [9.17, 15) is 0 Å². The van der Waals surface area contributed by atoms with Gasteiger partial charge in [0.15, 0.2) is 0 Å². The predicted octanol–water partition coefficient (Wildman–Crippen LogP) is 4.50. The second kappa shape index (κ2) is 6.71. The van der Waals surface area contributed by atoms with E-state index in [1.165, 1.54) is 11.3 Å². The minimum absolute atomic E-state index is 0.490. The van der Waals surface area contributed by atoms with Crippen molar-refractivity contribution in [3.05, 3.63) is 33.5 Å². The van der Waals surface area contributed by atoms with Crippen LogP contribution in [0.2, 0.25) is 4.34 Å². The number of nitrogens with zero attached hydrogens (tertiary/aromatic N) is 1. The standard InChI is InChI=1S/C12H16ClNOS/c1-4-5-9(2)8-15-14-10(3)11-6-7-12(13)16-11/h6-7H,2,4-5,8H2,1,3H3/b14-10+. The summed E-state index contributed by atoms with van der Waals surface area (Å²) in [6, 6.07) is 3.80. The topological polar surface area (TPSA) is 21.6 Å². The molecule has 1 rings (SSSR count). The van der Waals surface area contributed by atoms with Crippen LogP contribution < -0.4 is 0 Å². The Morgan fingerprint density at radius 1 is 1.56 bits per heavy atom. The molecule has 0 aliphatic rings. The second-order valence-corrected chi connectivity index (χ2v) is 5.27. The molecule has 0 spiro atoms. The van der Waals surface area contributed by atoms with Crippen molar-refractivity contribution in [1.82, 2.24) is 0 Å². The highest BCUT2D eigenvalue weighted by atomic mass is 35.5. The lowest BCUT2D eigenvalue weighted by Gasteiger charge is -2.02. The lowest BCUT2D eigenvalue weighted by Crippen LogP contribution is -1.96. The Labute approximate surface area is 106 Å². The maximum atomic E-state index is 5.84. The first-order valence-electron chi connectivity index (χ1n) is 5.22. The first-order chi connectivity index (χ1) is 7.63. The number of hydrogen-bond acceptors (Lipinski definition) is 3. The van der Waals surface area contributed by atoms with Crippen LogP contribution in [-0.4, -0.2) is 12.3 Å². The predicted molar refractivity (Wildman–Crippen MR) is 71.5 cm³/mol. The molecule has 16 heavy (non-hydrogen) atoms. The summed E-state index contributed by atoms with van der Waals surface area (Å²) in [5.74, 6) is 0. The Balaban J connectivity index is 2.43. The molecule has 88 valence electrons. The number of hydrogen-bond donors (Lipinski definition) is 0. The molecule has 0 saturated carbocycles. The summed E-state index contributed by atoms with van der Waals surface area (Å²) in [4.78, 5) is 6.26. The highest BCUT2D eigenvalue weighted by Gasteiger charge is 2.02. The van der Waals surface area contributed by atoms with Crippen molar-refractivity contribution >= 4 is 28.6 Å². The minimum Gasteiger partial charge on any atom is -0.391 e. The first-order valence-corrected chi connectivity index (χ1v) is 6.41. The van der Waals surface area contributed by atoms with Crippen molar-refractivity contribution in [2.45, 2.75) is 26.7 Å². The molecular formula is C12H16ClNOS. The normalized spacial score (nSPS) is 11.6. The van der Waals surface area contributed by atoms with E-state index in [4.69, 9.17) is 16.4 Å². The van der Waals surface area contributed by atoms with E-state index >= 15 is 0 Å². The van der Waals surface area contributed by atoms with Crippen molar-refractivity contribution in [2.75, 3.05) is 6.61 Å². The monoisotopic (exact) mass is 257 g/mol. The zero-order valence-electron chi connectivity index (χ0n) is 9.62. The fourth-order valence-electron chi connectivity index (χ4n) is 1.20. The van der Waals surface area contributed by atoms with Crippen molar-refractivity contribution in [3.63, 3.8) is 0 Å². The van der Waals surface area contributed by atoms with E-state index in [0.717, 1.165) is 33.3 Å². The van der Waals surface area contributed by atoms with Gasteiger partial charge in [-0.1, -0.05) is 36.7 Å². The third-order valence-electron chi connectivity index (χ3n) is 2.00. The van der Waals surface area contributed by atoms with Crippen LogP contribution in [0.5, 0.6) is 0 Å². The summed E-state index contributed by atoms with van der Waals surface area (Å²) in [5, 5.41) is 4.04. The Hall–Kier alpha value is -0.800. The van der Waals surface area contributed by atoms with E-state index < -0.39 is 0 Å². The van der Waals surface area contributed by atoms with Gasteiger partial charge in [0.1, 0.15) is 6.61 Å². The van der Waals surface area contributed by atoms with Gasteiger partial charge in [0.05, 0.1) is 14.9 Å². The molecule has 0 fully saturated rings. The molecule has 0 radical (unpaired) electrons. The molecular weight excluding hydrogens is 242 g/mol. The average molecular weight is 258 g/mol. The van der Waals surface area contributed by atoms with Gasteiger partial charge in [-0.25, -0.2) is 0 Å². The smallest absolute Gasteiger partial charge is 0.138 e. The van der Waals surface area contributed by atoms with Crippen LogP contribution in [0.15, 0.2) is 29.4 Å². The van der Waals surface area contributed by atoms with Gasteiger partial charge in [-0.3, -0.25) is 0 Å². The number of thiophene rings is 1. The fourth-order valence-corrected chi connectivity index (χ4v) is 2.18. The molecule has 0 saturated heterocycles. The van der Waals surface area contributed by atoms with Gasteiger partial charge in [0.25, 0.3) is 0 Å². The van der Waals surface area contributed by atoms with Gasteiger partial charge < -0.3 is 4.84 Å². The largest absolute Gasteiger partial charge is 0.391 e. The molecule has 1 heterocycles. The van der Waals surface area contributed by atoms with Gasteiger partial charge in [-0.15, -0.1) is 11.3 Å². The van der Waals surface area contributed by atoms with E-state index in [-0.39, 0.29) is 0 Å². The van der Waals surface area contributed by atoms with Crippen molar-refractivity contribution in [1.29, 1.82) is 0 Å². The summed E-state index contributed by atoms with van der Waals surface area (Å²) in [6.07, 6.45) is 2.07. The Morgan fingerprint density at radius 3 is 2.88 bits per heavy atom.